The first-order valence-corrected chi connectivity index (χ1v) is 9.23. The van der Waals surface area contributed by atoms with E-state index in [-0.39, 0.29) is 12.6 Å². The van der Waals surface area contributed by atoms with Crippen molar-refractivity contribution in [1.29, 1.82) is 0 Å². The molecule has 8 heteroatoms. The van der Waals surface area contributed by atoms with Gasteiger partial charge in [0.05, 0.1) is 19.5 Å². The number of amides is 2. The predicted octanol–water partition coefficient (Wildman–Crippen LogP) is 1.03. The van der Waals surface area contributed by atoms with Crippen molar-refractivity contribution in [1.82, 2.24) is 10.2 Å². The Morgan fingerprint density at radius 3 is 2.57 bits per heavy atom. The van der Waals surface area contributed by atoms with Gasteiger partial charge < -0.3 is 19.7 Å². The highest BCUT2D eigenvalue weighted by Crippen LogP contribution is 2.27. The van der Waals surface area contributed by atoms with Gasteiger partial charge in [-0.2, -0.15) is 0 Å². The molecule has 0 saturated carbocycles. The molecule has 1 aliphatic rings. The summed E-state index contributed by atoms with van der Waals surface area (Å²) in [6, 6.07) is 5.15. The van der Waals surface area contributed by atoms with Crippen LogP contribution >= 0.6 is 0 Å². The molecule has 2 rings (SSSR count). The molecule has 1 heterocycles. The van der Waals surface area contributed by atoms with E-state index in [1.54, 1.807) is 26.4 Å². The third kappa shape index (κ3) is 4.28. The molecule has 1 atom stereocenters. The van der Waals surface area contributed by atoms with Crippen LogP contribution in [0.1, 0.15) is 12.0 Å². The van der Waals surface area contributed by atoms with Crippen LogP contribution < -0.4 is 14.8 Å². The maximum atomic E-state index is 12.1. The van der Waals surface area contributed by atoms with Gasteiger partial charge in [-0.1, -0.05) is 6.07 Å². The Hall–Kier alpha value is -1.96. The van der Waals surface area contributed by atoms with Gasteiger partial charge in [0.1, 0.15) is 0 Å². The average molecular weight is 342 g/mol. The van der Waals surface area contributed by atoms with Crippen molar-refractivity contribution in [3.63, 3.8) is 0 Å². The molecule has 23 heavy (non-hydrogen) atoms. The lowest BCUT2D eigenvalue weighted by molar-refractivity contribution is 0.208. The number of nitrogens with one attached hydrogen (secondary N) is 1. The van der Waals surface area contributed by atoms with Crippen LogP contribution in [0.15, 0.2) is 18.2 Å². The predicted molar refractivity (Wildman–Crippen MR) is 86.6 cm³/mol. The summed E-state index contributed by atoms with van der Waals surface area (Å²) in [7, 11) is 0.00687. The van der Waals surface area contributed by atoms with Gasteiger partial charge in [-0.15, -0.1) is 0 Å². The molecule has 0 bridgehead atoms. The Bertz CT molecular complexity index is 674. The lowest BCUT2D eigenvalue weighted by Crippen LogP contribution is -2.39. The quantitative estimate of drug-likeness (QED) is 0.864. The van der Waals surface area contributed by atoms with Crippen LogP contribution in [0.3, 0.4) is 0 Å². The van der Waals surface area contributed by atoms with Gasteiger partial charge in [-0.25, -0.2) is 13.2 Å². The standard InChI is InChI=1S/C15H22N2O5S/c1-21-13-5-4-11(8-14(13)22-2)9-16-15(18)17-7-6-12(10-17)23(3,19)20/h4-5,8,12H,6-7,9-10H2,1-3H3,(H,16,18). The van der Waals surface area contributed by atoms with Gasteiger partial charge >= 0.3 is 6.03 Å². The SMILES string of the molecule is COc1ccc(CNC(=O)N2CCC(S(C)(=O)=O)C2)cc1OC. The van der Waals surface area contributed by atoms with Crippen molar-refractivity contribution < 1.29 is 22.7 Å². The Morgan fingerprint density at radius 2 is 2.00 bits per heavy atom. The first-order chi connectivity index (χ1) is 10.8. The summed E-state index contributed by atoms with van der Waals surface area (Å²) < 4.78 is 33.4. The van der Waals surface area contributed by atoms with Gasteiger partial charge in [0.15, 0.2) is 21.3 Å². The molecule has 0 aromatic heterocycles. The molecular formula is C15H22N2O5S. The zero-order chi connectivity index (χ0) is 17.0. The largest absolute Gasteiger partial charge is 0.493 e. The van der Waals surface area contributed by atoms with Crippen LogP contribution in [0.25, 0.3) is 0 Å². The summed E-state index contributed by atoms with van der Waals surface area (Å²) in [6.45, 7) is 1.03. The average Bonchev–Trinajstić information content (AvgIpc) is 3.02. The number of hydrogen-bond donors (Lipinski definition) is 1. The molecular weight excluding hydrogens is 320 g/mol. The van der Waals surface area contributed by atoms with E-state index in [4.69, 9.17) is 9.47 Å². The molecule has 1 aromatic rings. The molecule has 7 nitrogen and oxygen atoms in total. The Labute approximate surface area is 136 Å². The first-order valence-electron chi connectivity index (χ1n) is 7.27. The lowest BCUT2D eigenvalue weighted by Gasteiger charge is -2.17. The number of carbonyl (C=O) groups excluding carboxylic acids is 1. The van der Waals surface area contributed by atoms with Crippen molar-refractivity contribution in [2.45, 2.75) is 18.2 Å². The fourth-order valence-electron chi connectivity index (χ4n) is 2.54. The maximum absolute atomic E-state index is 12.1. The third-order valence-electron chi connectivity index (χ3n) is 3.93. The van der Waals surface area contributed by atoms with Crippen molar-refractivity contribution in [3.8, 4) is 11.5 Å². The summed E-state index contributed by atoms with van der Waals surface area (Å²) in [5.74, 6) is 1.22. The lowest BCUT2D eigenvalue weighted by atomic mass is 10.2. The number of benzene rings is 1. The number of sulfone groups is 1. The molecule has 1 unspecified atom stereocenters. The normalized spacial score (nSPS) is 17.9. The second kappa shape index (κ2) is 7.08. The van der Waals surface area contributed by atoms with E-state index in [9.17, 15) is 13.2 Å². The van der Waals surface area contributed by atoms with E-state index in [0.717, 1.165) is 5.56 Å². The van der Waals surface area contributed by atoms with Gasteiger partial charge in [0.25, 0.3) is 0 Å². The van der Waals surface area contributed by atoms with E-state index < -0.39 is 15.1 Å². The van der Waals surface area contributed by atoms with Crippen molar-refractivity contribution in [2.24, 2.45) is 0 Å². The smallest absolute Gasteiger partial charge is 0.317 e. The molecule has 0 radical (unpaired) electrons. The number of carbonyl (C=O) groups is 1. The zero-order valence-electron chi connectivity index (χ0n) is 13.5. The maximum Gasteiger partial charge on any atom is 0.317 e. The Morgan fingerprint density at radius 1 is 1.30 bits per heavy atom. The van der Waals surface area contributed by atoms with E-state index in [2.05, 4.69) is 5.32 Å². The fraction of sp³-hybridized carbons (Fsp3) is 0.533. The van der Waals surface area contributed by atoms with Crippen molar-refractivity contribution >= 4 is 15.9 Å². The van der Waals surface area contributed by atoms with Crippen LogP contribution in [-0.4, -0.2) is 58.2 Å². The van der Waals surface area contributed by atoms with Crippen LogP contribution in [-0.2, 0) is 16.4 Å². The van der Waals surface area contributed by atoms with Gasteiger partial charge in [0.2, 0.25) is 0 Å². The molecule has 0 aliphatic carbocycles. The monoisotopic (exact) mass is 342 g/mol. The molecule has 1 fully saturated rings. The van der Waals surface area contributed by atoms with Crippen LogP contribution in [0, 0.1) is 0 Å². The van der Waals surface area contributed by atoms with Gasteiger partial charge in [-0.05, 0) is 24.1 Å². The van der Waals surface area contributed by atoms with Crippen molar-refractivity contribution in [2.75, 3.05) is 33.6 Å². The van der Waals surface area contributed by atoms with Gasteiger partial charge in [-0.3, -0.25) is 0 Å². The molecule has 128 valence electrons. The minimum absolute atomic E-state index is 0.247. The van der Waals surface area contributed by atoms with Crippen LogP contribution in [0.5, 0.6) is 11.5 Å². The highest BCUT2D eigenvalue weighted by molar-refractivity contribution is 7.91. The van der Waals surface area contributed by atoms with Crippen LogP contribution in [0.2, 0.25) is 0 Å². The minimum Gasteiger partial charge on any atom is -0.493 e. The second-order valence-corrected chi connectivity index (χ2v) is 7.86. The minimum atomic E-state index is -3.10. The second-order valence-electron chi connectivity index (χ2n) is 5.53. The third-order valence-corrected chi connectivity index (χ3v) is 5.53. The summed E-state index contributed by atoms with van der Waals surface area (Å²) in [5.41, 5.74) is 0.870. The number of likely N-dealkylation sites (tertiary alicyclic amines) is 1. The van der Waals surface area contributed by atoms with E-state index in [0.29, 0.717) is 31.0 Å². The molecule has 1 aromatic carbocycles. The number of urea groups is 1. The number of nitrogens with zero attached hydrogens (tertiary/aromatic N) is 1. The highest BCUT2D eigenvalue weighted by Gasteiger charge is 2.32. The summed E-state index contributed by atoms with van der Waals surface area (Å²) in [6.07, 6.45) is 1.70. The van der Waals surface area contributed by atoms with E-state index in [1.165, 1.54) is 11.2 Å². The molecule has 1 saturated heterocycles. The molecule has 2 amide bonds. The molecule has 1 aliphatic heterocycles. The number of methoxy groups -OCH3 is 2. The number of hydrogen-bond acceptors (Lipinski definition) is 5. The summed E-state index contributed by atoms with van der Waals surface area (Å²) in [4.78, 5) is 13.7. The van der Waals surface area contributed by atoms with Gasteiger partial charge in [0, 0.05) is 25.9 Å². The van der Waals surface area contributed by atoms with E-state index in [1.807, 2.05) is 6.07 Å². The summed E-state index contributed by atoms with van der Waals surface area (Å²) in [5, 5.41) is 2.33. The van der Waals surface area contributed by atoms with Crippen LogP contribution in [0.4, 0.5) is 4.79 Å². The molecule has 0 spiro atoms. The number of ether oxygens (including phenoxy) is 2. The first kappa shape index (κ1) is 17.4. The Kier molecular flexibility index (Phi) is 5.35. The molecule has 1 N–H and O–H groups in total. The highest BCUT2D eigenvalue weighted by atomic mass is 32.2. The van der Waals surface area contributed by atoms with Crippen molar-refractivity contribution in [3.05, 3.63) is 23.8 Å². The zero-order valence-corrected chi connectivity index (χ0v) is 14.4. The fourth-order valence-corrected chi connectivity index (χ4v) is 3.53. The Balaban J connectivity index is 1.92. The van der Waals surface area contributed by atoms with E-state index >= 15 is 0 Å². The summed E-state index contributed by atoms with van der Waals surface area (Å²) >= 11 is 0. The number of rotatable bonds is 5. The topological polar surface area (TPSA) is 84.9 Å².